The summed E-state index contributed by atoms with van der Waals surface area (Å²) in [6, 6.07) is 4.87. The minimum Gasteiger partial charge on any atom is -0.461 e. The lowest BCUT2D eigenvalue weighted by Crippen LogP contribution is -2.51. The number of nitrogens with zero attached hydrogens (tertiary/aromatic N) is 1. The van der Waals surface area contributed by atoms with Gasteiger partial charge in [-0.15, -0.1) is 0 Å². The highest BCUT2D eigenvalue weighted by Gasteiger charge is 2.59. The zero-order valence-corrected chi connectivity index (χ0v) is 44.5. The van der Waals surface area contributed by atoms with Crippen molar-refractivity contribution in [1.29, 1.82) is 0 Å². The smallest absolute Gasteiger partial charge is 0.407 e. The van der Waals surface area contributed by atoms with Crippen molar-refractivity contribution in [3.8, 4) is 0 Å². The summed E-state index contributed by atoms with van der Waals surface area (Å²) in [5.74, 6) is 3.70. The van der Waals surface area contributed by atoms with E-state index in [0.717, 1.165) is 36.5 Å². The first-order chi connectivity index (χ1) is 31.9. The van der Waals surface area contributed by atoms with Crippen LogP contribution in [0.5, 0.6) is 0 Å². The molecule has 2 amide bonds. The molecule has 14 heteroatoms. The summed E-state index contributed by atoms with van der Waals surface area (Å²) in [6.07, 6.45) is 16.3. The molecule has 5 rings (SSSR count). The van der Waals surface area contributed by atoms with Crippen LogP contribution in [0.15, 0.2) is 40.8 Å². The third-order valence-corrected chi connectivity index (χ3v) is 18.0. The lowest BCUT2D eigenvalue weighted by atomic mass is 9.47. The Morgan fingerprint density at radius 1 is 0.794 bits per heavy atom. The molecule has 9 atom stereocenters. The molecule has 0 heterocycles. The number of rotatable bonds is 22. The highest BCUT2D eigenvalue weighted by atomic mass is 32.2. The first-order valence-corrected chi connectivity index (χ1v) is 27.7. The molecule has 3 fully saturated rings. The number of carbonyl (C=O) groups excluding carboxylic acids is 3. The van der Waals surface area contributed by atoms with Crippen LogP contribution >= 0.6 is 0 Å². The van der Waals surface area contributed by atoms with Gasteiger partial charge in [-0.05, 0) is 171 Å². The summed E-state index contributed by atoms with van der Waals surface area (Å²) in [6.45, 7) is 23.6. The van der Waals surface area contributed by atoms with Gasteiger partial charge in [-0.1, -0.05) is 90.5 Å². The number of hydrogen-bond donors (Lipinski definition) is 4. The summed E-state index contributed by atoms with van der Waals surface area (Å²) < 4.78 is 48.1. The number of hydrogen-bond acceptors (Lipinski definition) is 10. The summed E-state index contributed by atoms with van der Waals surface area (Å²) in [4.78, 5) is 39.4. The number of fused-ring (bicyclic) bond motifs is 5. The van der Waals surface area contributed by atoms with E-state index in [1.54, 1.807) is 53.7 Å². The molecule has 386 valence electrons. The lowest BCUT2D eigenvalue weighted by molar-refractivity contribution is -0.156. The predicted octanol–water partition coefficient (Wildman–Crippen LogP) is 12.2. The second-order valence-electron chi connectivity index (χ2n) is 23.7. The molecule has 0 saturated heterocycles. The maximum atomic E-state index is 14.8. The molecule has 0 spiro atoms. The number of esters is 1. The zero-order valence-electron chi connectivity index (χ0n) is 43.7. The maximum Gasteiger partial charge on any atom is 0.407 e. The molecule has 4 N–H and O–H groups in total. The van der Waals surface area contributed by atoms with Gasteiger partial charge in [-0.3, -0.25) is 15.5 Å². The minimum absolute atomic E-state index is 0.00849. The standard InChI is InChI=1S/C54H90N4O9S/c1-37(2)20-18-21-38(3)42-27-28-43-41-26-25-39-36-40(29-31-53(39,10)44(41)30-32-54(42,43)11)65-48(59)46(23-19-34-56-50(61)67-52(7,8)9)58(68(63,64)47-24-15-14-22-45(47)57-62)35-17-13-12-16-33-55-49(60)66-51(4,5)6/h14-15,22,24-25,37-38,40-44,46,57,62H,12-13,16-21,23,26-36H2,1-11H3,(H,55,60)(H,56,61)/t38-,40+,41+,42-,43+,44+,46+,53+,54-/m1/s1. The van der Waals surface area contributed by atoms with Crippen LogP contribution in [0.4, 0.5) is 15.3 Å². The maximum absolute atomic E-state index is 14.8. The summed E-state index contributed by atoms with van der Waals surface area (Å²) >= 11 is 0. The van der Waals surface area contributed by atoms with Gasteiger partial charge in [0.15, 0.2) is 0 Å². The Hall–Kier alpha value is -3.36. The van der Waals surface area contributed by atoms with E-state index in [0.29, 0.717) is 62.3 Å². The van der Waals surface area contributed by atoms with Crippen molar-refractivity contribution in [3.05, 3.63) is 35.9 Å². The van der Waals surface area contributed by atoms with Gasteiger partial charge in [0.25, 0.3) is 0 Å². The number of benzene rings is 1. The number of unbranched alkanes of at least 4 members (excludes halogenated alkanes) is 3. The fourth-order valence-electron chi connectivity index (χ4n) is 12.8. The van der Waals surface area contributed by atoms with E-state index in [9.17, 15) is 28.0 Å². The molecule has 4 aliphatic rings. The van der Waals surface area contributed by atoms with E-state index in [4.69, 9.17) is 14.2 Å². The minimum atomic E-state index is -4.39. The average molecular weight is 971 g/mol. The molecule has 3 saturated carbocycles. The van der Waals surface area contributed by atoms with E-state index >= 15 is 0 Å². The van der Waals surface area contributed by atoms with Gasteiger partial charge >= 0.3 is 18.2 Å². The number of sulfonamides is 1. The molecule has 4 aliphatic carbocycles. The highest BCUT2D eigenvalue weighted by Crippen LogP contribution is 2.67. The van der Waals surface area contributed by atoms with Crippen LogP contribution in [-0.4, -0.2) is 79.1 Å². The van der Waals surface area contributed by atoms with Gasteiger partial charge < -0.3 is 24.8 Å². The number of nitrogens with one attached hydrogen (secondary N) is 3. The van der Waals surface area contributed by atoms with Crippen molar-refractivity contribution in [3.63, 3.8) is 0 Å². The number of alkyl carbamates (subject to hydrolysis) is 2. The van der Waals surface area contributed by atoms with E-state index in [2.05, 4.69) is 51.3 Å². The normalized spacial score (nSPS) is 27.0. The Balaban J connectivity index is 1.32. The fraction of sp³-hybridized carbons (Fsp3) is 0.796. The summed E-state index contributed by atoms with van der Waals surface area (Å²) in [5, 5.41) is 15.6. The topological polar surface area (TPSA) is 173 Å². The van der Waals surface area contributed by atoms with Crippen molar-refractivity contribution in [2.45, 2.75) is 214 Å². The van der Waals surface area contributed by atoms with E-state index in [-0.39, 0.29) is 41.9 Å². The molecular weight excluding hydrogens is 881 g/mol. The van der Waals surface area contributed by atoms with Crippen molar-refractivity contribution in [2.24, 2.45) is 46.3 Å². The number of carbonyl (C=O) groups is 3. The first-order valence-electron chi connectivity index (χ1n) is 26.2. The Morgan fingerprint density at radius 3 is 2.09 bits per heavy atom. The van der Waals surface area contributed by atoms with E-state index < -0.39 is 51.5 Å². The van der Waals surface area contributed by atoms with Gasteiger partial charge in [0.1, 0.15) is 28.2 Å². The third-order valence-electron chi connectivity index (χ3n) is 16.1. The summed E-state index contributed by atoms with van der Waals surface area (Å²) in [7, 11) is -4.39. The molecule has 0 aliphatic heterocycles. The van der Waals surface area contributed by atoms with Crippen molar-refractivity contribution in [2.75, 3.05) is 25.1 Å². The van der Waals surface area contributed by atoms with Gasteiger partial charge in [-0.25, -0.2) is 18.0 Å². The van der Waals surface area contributed by atoms with Crippen LogP contribution in [0.25, 0.3) is 0 Å². The second kappa shape index (κ2) is 23.7. The molecular formula is C54H90N4O9S. The molecule has 13 nitrogen and oxygen atoms in total. The van der Waals surface area contributed by atoms with Gasteiger partial charge in [0.2, 0.25) is 10.0 Å². The molecule has 1 aromatic carbocycles. The Bertz CT molecular complexity index is 1980. The first kappa shape index (κ1) is 55.6. The zero-order chi connectivity index (χ0) is 50.1. The fourth-order valence-corrected chi connectivity index (χ4v) is 14.6. The second-order valence-corrected chi connectivity index (χ2v) is 25.6. The van der Waals surface area contributed by atoms with Crippen LogP contribution in [0.3, 0.4) is 0 Å². The van der Waals surface area contributed by atoms with Crippen LogP contribution in [0.2, 0.25) is 0 Å². The molecule has 0 unspecified atom stereocenters. The SMILES string of the molecule is CC(C)CCC[C@@H](C)[C@H]1CC[C@H]2[C@@H]3CC=C4C[C@@H](OC(=O)[C@H](CCCNC(=O)OC(C)(C)C)N(CCCCCCNC(=O)OC(C)(C)C)S(=O)(=O)c5ccccc5NO)CC[C@]4(C)[C@H]3CC[C@]12C. The predicted molar refractivity (Wildman–Crippen MR) is 269 cm³/mol. The molecule has 1 aromatic rings. The van der Waals surface area contributed by atoms with Gasteiger partial charge in [-0.2, -0.15) is 4.31 Å². The Labute approximate surface area is 410 Å². The molecule has 68 heavy (non-hydrogen) atoms. The summed E-state index contributed by atoms with van der Waals surface area (Å²) in [5.41, 5.74) is 2.54. The molecule has 0 aromatic heterocycles. The van der Waals surface area contributed by atoms with Crippen LogP contribution < -0.4 is 16.1 Å². The van der Waals surface area contributed by atoms with Gasteiger partial charge in [0, 0.05) is 26.1 Å². The Kier molecular flexibility index (Phi) is 19.4. The van der Waals surface area contributed by atoms with E-state index in [1.165, 1.54) is 67.0 Å². The van der Waals surface area contributed by atoms with Crippen molar-refractivity contribution in [1.82, 2.24) is 14.9 Å². The number of para-hydroxylation sites is 1. The lowest BCUT2D eigenvalue weighted by Gasteiger charge is -2.58. The molecule has 0 radical (unpaired) electrons. The van der Waals surface area contributed by atoms with E-state index in [1.807, 2.05) is 5.48 Å². The quantitative estimate of drug-likeness (QED) is 0.0288. The van der Waals surface area contributed by atoms with Crippen molar-refractivity contribution >= 4 is 33.9 Å². The number of anilines is 1. The van der Waals surface area contributed by atoms with Crippen LogP contribution in [0, 0.1) is 46.3 Å². The number of ether oxygens (including phenoxy) is 3. The molecule has 0 bridgehead atoms. The largest absolute Gasteiger partial charge is 0.461 e. The van der Waals surface area contributed by atoms with Crippen molar-refractivity contribution < 1.29 is 42.2 Å². The van der Waals surface area contributed by atoms with Crippen LogP contribution in [0.1, 0.15) is 185 Å². The van der Waals surface area contributed by atoms with Crippen LogP contribution in [-0.2, 0) is 29.0 Å². The van der Waals surface area contributed by atoms with Gasteiger partial charge in [0.05, 0.1) is 5.69 Å². The highest BCUT2D eigenvalue weighted by molar-refractivity contribution is 7.89. The number of amides is 2. The number of allylic oxidation sites excluding steroid dienone is 1. The monoisotopic (exact) mass is 971 g/mol. The average Bonchev–Trinajstić information content (AvgIpc) is 3.61. The third kappa shape index (κ3) is 14.4. The Morgan fingerprint density at radius 2 is 1.44 bits per heavy atom.